The molecule has 0 aliphatic carbocycles. The zero-order chi connectivity index (χ0) is 19.6. The number of aliphatic carboxylic acids is 1. The van der Waals surface area contributed by atoms with E-state index in [0.29, 0.717) is 12.6 Å². The van der Waals surface area contributed by atoms with Crippen LogP contribution in [0.3, 0.4) is 0 Å². The lowest BCUT2D eigenvalue weighted by Gasteiger charge is -2.32. The molecule has 1 aromatic heterocycles. The summed E-state index contributed by atoms with van der Waals surface area (Å²) in [4.78, 5) is 20.8. The zero-order valence-electron chi connectivity index (χ0n) is 12.2. The molecule has 1 unspecified atom stereocenters. The molecule has 0 saturated carbocycles. The Morgan fingerprint density at radius 1 is 1.40 bits per heavy atom. The Morgan fingerprint density at radius 3 is 2.20 bits per heavy atom. The van der Waals surface area contributed by atoms with Crippen LogP contribution in [0.5, 0.6) is 0 Å². The van der Waals surface area contributed by atoms with Gasteiger partial charge in [-0.25, -0.2) is 19.0 Å². The van der Waals surface area contributed by atoms with E-state index in [9.17, 15) is 35.9 Å². The zero-order valence-corrected chi connectivity index (χ0v) is 12.2. The minimum absolute atomic E-state index is 0.0386. The second-order valence-corrected chi connectivity index (χ2v) is 4.60. The number of primary amides is 1. The van der Waals surface area contributed by atoms with Crippen molar-refractivity contribution in [2.75, 3.05) is 7.05 Å². The van der Waals surface area contributed by atoms with Crippen LogP contribution in [0.1, 0.15) is 10.4 Å². The van der Waals surface area contributed by atoms with Crippen molar-refractivity contribution in [2.45, 2.75) is 18.1 Å². The summed E-state index contributed by atoms with van der Waals surface area (Å²) in [6, 6.07) is 0. The number of carbonyl (C=O) groups excluding carboxylic acids is 1. The number of carboxylic acid groups (broad SMARTS) is 1. The number of nitrogens with two attached hydrogens (primary N) is 1. The predicted octanol–water partition coefficient (Wildman–Crippen LogP) is 0.777. The number of nitrogens with zero attached hydrogens (tertiary/aromatic N) is 2. The van der Waals surface area contributed by atoms with Gasteiger partial charge >= 0.3 is 12.1 Å². The van der Waals surface area contributed by atoms with Crippen molar-refractivity contribution in [2.24, 2.45) is 5.73 Å². The van der Waals surface area contributed by atoms with Crippen LogP contribution in [-0.4, -0.2) is 57.4 Å². The van der Waals surface area contributed by atoms with Crippen molar-refractivity contribution in [3.8, 4) is 0 Å². The SMILES string of the molecule is CN1NC(C(F)F)(C(F)(F)F)C(C(=O)O)=C1F.NC(=O)c1cn[nH]c1. The highest BCUT2D eigenvalue weighted by Gasteiger charge is 2.70. The molecule has 140 valence electrons. The highest BCUT2D eigenvalue weighted by atomic mass is 19.4. The van der Waals surface area contributed by atoms with Crippen molar-refractivity contribution < 1.29 is 41.0 Å². The summed E-state index contributed by atoms with van der Waals surface area (Å²) in [5.41, 5.74) is 0.0913. The minimum Gasteiger partial charge on any atom is -0.478 e. The molecular formula is C11H11F6N5O3. The van der Waals surface area contributed by atoms with Crippen LogP contribution in [0.4, 0.5) is 26.3 Å². The van der Waals surface area contributed by atoms with Crippen LogP contribution in [0.2, 0.25) is 0 Å². The Bertz CT molecular complexity index is 674. The number of carboxylic acids is 1. The monoisotopic (exact) mass is 375 g/mol. The largest absolute Gasteiger partial charge is 0.478 e. The number of aromatic nitrogens is 2. The summed E-state index contributed by atoms with van der Waals surface area (Å²) in [5.74, 6) is -4.77. The Labute approximate surface area is 135 Å². The molecule has 0 saturated heterocycles. The predicted molar refractivity (Wildman–Crippen MR) is 68.6 cm³/mol. The van der Waals surface area contributed by atoms with Gasteiger partial charge in [-0.3, -0.25) is 14.9 Å². The third-order valence-electron chi connectivity index (χ3n) is 3.01. The van der Waals surface area contributed by atoms with Crippen LogP contribution in [0, 0.1) is 0 Å². The van der Waals surface area contributed by atoms with E-state index in [-0.39, 0.29) is 5.01 Å². The number of halogens is 6. The molecule has 2 rings (SSSR count). The quantitative estimate of drug-likeness (QED) is 0.457. The molecule has 14 heteroatoms. The second kappa shape index (κ2) is 7.00. The van der Waals surface area contributed by atoms with Crippen LogP contribution >= 0.6 is 0 Å². The summed E-state index contributed by atoms with van der Waals surface area (Å²) < 4.78 is 76.1. The fraction of sp³-hybridized carbons (Fsp3) is 0.364. The first kappa shape index (κ1) is 20.3. The molecule has 1 amide bonds. The molecule has 1 aliphatic heterocycles. The number of nitrogens with one attached hydrogen (secondary N) is 2. The Hall–Kier alpha value is -2.77. The lowest BCUT2D eigenvalue weighted by Crippen LogP contribution is -2.63. The van der Waals surface area contributed by atoms with Gasteiger partial charge in [0.25, 0.3) is 12.3 Å². The fourth-order valence-corrected chi connectivity index (χ4v) is 1.83. The maximum absolute atomic E-state index is 13.1. The third kappa shape index (κ3) is 3.67. The van der Waals surface area contributed by atoms with Gasteiger partial charge in [-0.15, -0.1) is 0 Å². The van der Waals surface area contributed by atoms with E-state index in [1.165, 1.54) is 12.4 Å². The molecule has 8 nitrogen and oxygen atoms in total. The third-order valence-corrected chi connectivity index (χ3v) is 3.01. The van der Waals surface area contributed by atoms with Gasteiger partial charge in [-0.05, 0) is 0 Å². The first-order valence-electron chi connectivity index (χ1n) is 6.14. The van der Waals surface area contributed by atoms with Gasteiger partial charge in [-0.1, -0.05) is 0 Å². The Morgan fingerprint density at radius 2 is 1.96 bits per heavy atom. The normalized spacial score (nSPS) is 20.6. The molecule has 1 atom stereocenters. The average Bonchev–Trinajstić information content (AvgIpc) is 3.06. The standard InChI is InChI=1S/C7H6F6N2O2.C4H5N3O/c1-15-3(8)2(4(16)17)6(14-15,5(9)10)7(11,12)13;5-4(8)3-1-6-7-2-3/h5,14H,1H3,(H,16,17);1-2H,(H2,5,8)(H,6,7). The van der Waals surface area contributed by atoms with E-state index in [1.54, 1.807) is 0 Å². The van der Waals surface area contributed by atoms with Crippen molar-refractivity contribution in [3.63, 3.8) is 0 Å². The van der Waals surface area contributed by atoms with E-state index in [2.05, 4.69) is 10.2 Å². The molecule has 0 aromatic carbocycles. The van der Waals surface area contributed by atoms with E-state index in [1.807, 2.05) is 0 Å². The van der Waals surface area contributed by atoms with Crippen LogP contribution in [0.15, 0.2) is 23.9 Å². The molecule has 0 fully saturated rings. The molecule has 0 bridgehead atoms. The molecule has 5 N–H and O–H groups in total. The molecular weight excluding hydrogens is 364 g/mol. The van der Waals surface area contributed by atoms with Crippen LogP contribution in [-0.2, 0) is 4.79 Å². The number of amides is 1. The summed E-state index contributed by atoms with van der Waals surface area (Å²) >= 11 is 0. The summed E-state index contributed by atoms with van der Waals surface area (Å²) in [7, 11) is 0.661. The van der Waals surface area contributed by atoms with E-state index in [0.717, 1.165) is 5.43 Å². The number of rotatable bonds is 3. The van der Waals surface area contributed by atoms with Gasteiger partial charge in [0, 0.05) is 13.2 Å². The maximum atomic E-state index is 13.1. The van der Waals surface area contributed by atoms with E-state index < -0.39 is 41.5 Å². The average molecular weight is 375 g/mol. The number of alkyl halides is 5. The van der Waals surface area contributed by atoms with Gasteiger partial charge < -0.3 is 10.8 Å². The first-order valence-corrected chi connectivity index (χ1v) is 6.14. The van der Waals surface area contributed by atoms with Crippen molar-refractivity contribution >= 4 is 11.9 Å². The fourth-order valence-electron chi connectivity index (χ4n) is 1.83. The Kier molecular flexibility index (Phi) is 5.68. The number of hydrogen-bond acceptors (Lipinski definition) is 5. The van der Waals surface area contributed by atoms with Crippen molar-refractivity contribution in [1.29, 1.82) is 0 Å². The Balaban J connectivity index is 0.000000324. The molecule has 25 heavy (non-hydrogen) atoms. The molecule has 2 heterocycles. The highest BCUT2D eigenvalue weighted by molar-refractivity contribution is 5.92. The highest BCUT2D eigenvalue weighted by Crippen LogP contribution is 2.45. The molecule has 1 aromatic rings. The summed E-state index contributed by atoms with van der Waals surface area (Å²) in [6.45, 7) is 0. The first-order chi connectivity index (χ1) is 11.4. The van der Waals surface area contributed by atoms with E-state index in [4.69, 9.17) is 10.8 Å². The van der Waals surface area contributed by atoms with Gasteiger partial charge in [0.15, 0.2) is 0 Å². The summed E-state index contributed by atoms with van der Waals surface area (Å²) in [6.07, 6.45) is -7.02. The van der Waals surface area contributed by atoms with Gasteiger partial charge in [0.1, 0.15) is 5.57 Å². The van der Waals surface area contributed by atoms with E-state index >= 15 is 0 Å². The van der Waals surface area contributed by atoms with Crippen LogP contribution in [0.25, 0.3) is 0 Å². The second-order valence-electron chi connectivity index (χ2n) is 4.60. The lowest BCUT2D eigenvalue weighted by molar-refractivity contribution is -0.225. The molecule has 1 aliphatic rings. The van der Waals surface area contributed by atoms with Gasteiger partial charge in [-0.2, -0.15) is 22.7 Å². The van der Waals surface area contributed by atoms with Crippen molar-refractivity contribution in [3.05, 3.63) is 29.5 Å². The van der Waals surface area contributed by atoms with Crippen LogP contribution < -0.4 is 11.2 Å². The topological polar surface area (TPSA) is 124 Å². The number of aromatic amines is 1. The molecule has 0 radical (unpaired) electrons. The minimum atomic E-state index is -5.67. The van der Waals surface area contributed by atoms with Crippen molar-refractivity contribution in [1.82, 2.24) is 20.6 Å². The smallest absolute Gasteiger partial charge is 0.418 e. The number of hydrogen-bond donors (Lipinski definition) is 4. The van der Waals surface area contributed by atoms with Gasteiger partial charge in [0.2, 0.25) is 11.5 Å². The maximum Gasteiger partial charge on any atom is 0.418 e. The number of H-pyrrole nitrogens is 1. The van der Waals surface area contributed by atoms with Gasteiger partial charge in [0.05, 0.1) is 11.8 Å². The number of carbonyl (C=O) groups is 2. The number of hydrazine groups is 1. The lowest BCUT2D eigenvalue weighted by atomic mass is 9.91. The molecule has 0 spiro atoms. The summed E-state index contributed by atoms with van der Waals surface area (Å²) in [5, 5.41) is 14.4.